The summed E-state index contributed by atoms with van der Waals surface area (Å²) >= 11 is 1.85. The predicted octanol–water partition coefficient (Wildman–Crippen LogP) is 15.1. The van der Waals surface area contributed by atoms with E-state index in [-0.39, 0.29) is 0 Å². The molecule has 0 aliphatic carbocycles. The maximum atomic E-state index is 6.69. The molecule has 0 atom stereocenters. The van der Waals surface area contributed by atoms with Gasteiger partial charge in [-0.3, -0.25) is 0 Å². The molecule has 0 spiro atoms. The van der Waals surface area contributed by atoms with Crippen LogP contribution in [-0.2, 0) is 0 Å². The Morgan fingerprint density at radius 1 is 0.415 bits per heavy atom. The van der Waals surface area contributed by atoms with Crippen molar-refractivity contribution in [1.82, 2.24) is 0 Å². The lowest BCUT2D eigenvalue weighted by Crippen LogP contribution is -2.10. The average Bonchev–Trinajstić information content (AvgIpc) is 3.81. The quantitative estimate of drug-likeness (QED) is 0.178. The smallest absolute Gasteiger partial charge is 0.143 e. The van der Waals surface area contributed by atoms with E-state index < -0.39 is 0 Å². The number of nitrogens with zero attached hydrogens (tertiary/aromatic N) is 1. The van der Waals surface area contributed by atoms with E-state index in [0.717, 1.165) is 44.4 Å². The van der Waals surface area contributed by atoms with Crippen molar-refractivity contribution < 1.29 is 4.42 Å². The van der Waals surface area contributed by atoms with Crippen LogP contribution in [0.1, 0.15) is 0 Å². The third-order valence-corrected chi connectivity index (χ3v) is 11.9. The monoisotopic (exact) mass is 693 g/mol. The molecule has 0 amide bonds. The third-order valence-electron chi connectivity index (χ3n) is 10.7. The number of furan rings is 1. The van der Waals surface area contributed by atoms with Crippen molar-refractivity contribution in [3.05, 3.63) is 188 Å². The van der Waals surface area contributed by atoms with E-state index >= 15 is 0 Å². The summed E-state index contributed by atoms with van der Waals surface area (Å²) in [6.07, 6.45) is 0. The van der Waals surface area contributed by atoms with Crippen LogP contribution >= 0.6 is 11.3 Å². The molecule has 0 aliphatic heterocycles. The second-order valence-corrected chi connectivity index (χ2v) is 14.7. The van der Waals surface area contributed by atoms with E-state index in [1.807, 2.05) is 11.3 Å². The van der Waals surface area contributed by atoms with Crippen molar-refractivity contribution in [2.24, 2.45) is 0 Å². The van der Waals surface area contributed by atoms with Crippen LogP contribution in [0.2, 0.25) is 0 Å². The van der Waals surface area contributed by atoms with E-state index in [0.29, 0.717) is 0 Å². The van der Waals surface area contributed by atoms with Crippen LogP contribution in [0.15, 0.2) is 192 Å². The number of benzene rings is 9. The van der Waals surface area contributed by atoms with Gasteiger partial charge in [0.05, 0.1) is 21.5 Å². The van der Waals surface area contributed by atoms with Gasteiger partial charge in [0.1, 0.15) is 11.2 Å². The number of hydrogen-bond acceptors (Lipinski definition) is 3. The second kappa shape index (κ2) is 11.9. The Morgan fingerprint density at radius 2 is 1.08 bits per heavy atom. The van der Waals surface area contributed by atoms with E-state index in [1.165, 1.54) is 58.6 Å². The SMILES string of the molecule is c1cc(-c2ccc(N(c3cccc4c3sc3ccccc34)c3cccc4oc5c6ccccc6ccc5c34)cc2)cc(-c2cccc3ccccc23)c1. The summed E-state index contributed by atoms with van der Waals surface area (Å²) in [6, 6.07) is 67.9. The summed E-state index contributed by atoms with van der Waals surface area (Å²) in [5.74, 6) is 0. The molecule has 0 saturated carbocycles. The summed E-state index contributed by atoms with van der Waals surface area (Å²) in [7, 11) is 0. The van der Waals surface area contributed by atoms with Gasteiger partial charge in [-0.05, 0) is 86.9 Å². The minimum atomic E-state index is 0.879. The molecule has 2 aromatic heterocycles. The largest absolute Gasteiger partial charge is 0.455 e. The molecule has 11 rings (SSSR count). The molecule has 0 saturated heterocycles. The lowest BCUT2D eigenvalue weighted by atomic mass is 9.95. The Kier molecular flexibility index (Phi) is 6.76. The number of fused-ring (bicyclic) bond motifs is 9. The Morgan fingerprint density at radius 3 is 1.96 bits per heavy atom. The molecule has 0 aliphatic rings. The molecule has 0 N–H and O–H groups in total. The number of hydrogen-bond donors (Lipinski definition) is 0. The molecule has 248 valence electrons. The Bertz CT molecular complexity index is 3180. The van der Waals surface area contributed by atoms with Gasteiger partial charge in [-0.15, -0.1) is 11.3 Å². The number of thiophene rings is 1. The van der Waals surface area contributed by atoms with E-state index in [9.17, 15) is 0 Å². The molecule has 0 radical (unpaired) electrons. The van der Waals surface area contributed by atoms with Gasteiger partial charge in [-0.1, -0.05) is 140 Å². The molecular weight excluding hydrogens is 663 g/mol. The van der Waals surface area contributed by atoms with Crippen LogP contribution in [-0.4, -0.2) is 0 Å². The topological polar surface area (TPSA) is 16.4 Å². The summed E-state index contributed by atoms with van der Waals surface area (Å²) in [4.78, 5) is 2.43. The van der Waals surface area contributed by atoms with Crippen LogP contribution in [0.4, 0.5) is 17.1 Å². The van der Waals surface area contributed by atoms with Crippen LogP contribution in [0.5, 0.6) is 0 Å². The fraction of sp³-hybridized carbons (Fsp3) is 0. The molecule has 9 aromatic carbocycles. The zero-order chi connectivity index (χ0) is 34.9. The van der Waals surface area contributed by atoms with Gasteiger partial charge in [0.2, 0.25) is 0 Å². The van der Waals surface area contributed by atoms with E-state index in [1.54, 1.807) is 0 Å². The maximum Gasteiger partial charge on any atom is 0.143 e. The van der Waals surface area contributed by atoms with Crippen LogP contribution in [0, 0.1) is 0 Å². The molecule has 2 heterocycles. The second-order valence-electron chi connectivity index (χ2n) is 13.7. The number of anilines is 3. The first-order chi connectivity index (χ1) is 26.3. The zero-order valence-corrected chi connectivity index (χ0v) is 29.5. The zero-order valence-electron chi connectivity index (χ0n) is 28.7. The summed E-state index contributed by atoms with van der Waals surface area (Å²) < 4.78 is 9.24. The van der Waals surface area contributed by atoms with Gasteiger partial charge in [0.15, 0.2) is 0 Å². The standard InChI is InChI=1S/C50H31NOS/c1-3-16-38-33(11-1)13-8-19-39(38)36-15-7-14-35(31-36)32-25-28-37(29-26-32)51(45-22-9-20-42-41-18-5-6-24-47(41)53-50(42)45)44-21-10-23-46-48(44)43-30-27-34-12-2-4-17-40(34)49(43)52-46/h1-31H. The highest BCUT2D eigenvalue weighted by Gasteiger charge is 2.23. The van der Waals surface area contributed by atoms with Gasteiger partial charge in [-0.2, -0.15) is 0 Å². The first-order valence-corrected chi connectivity index (χ1v) is 18.8. The Hall–Kier alpha value is -6.68. The minimum Gasteiger partial charge on any atom is -0.455 e. The van der Waals surface area contributed by atoms with Crippen LogP contribution in [0.3, 0.4) is 0 Å². The lowest BCUT2D eigenvalue weighted by molar-refractivity contribution is 0.672. The maximum absolute atomic E-state index is 6.69. The minimum absolute atomic E-state index is 0.879. The van der Waals surface area contributed by atoms with Crippen LogP contribution in [0.25, 0.3) is 85.9 Å². The Balaban J connectivity index is 1.10. The fourth-order valence-corrected chi connectivity index (χ4v) is 9.39. The van der Waals surface area contributed by atoms with Crippen molar-refractivity contribution in [1.29, 1.82) is 0 Å². The molecule has 53 heavy (non-hydrogen) atoms. The highest BCUT2D eigenvalue weighted by molar-refractivity contribution is 7.26. The van der Waals surface area contributed by atoms with Crippen molar-refractivity contribution in [3.8, 4) is 22.3 Å². The molecular formula is C50H31NOS. The van der Waals surface area contributed by atoms with Gasteiger partial charge in [-0.25, -0.2) is 0 Å². The lowest BCUT2D eigenvalue weighted by Gasteiger charge is -2.27. The molecule has 11 aromatic rings. The van der Waals surface area contributed by atoms with Gasteiger partial charge in [0, 0.05) is 31.9 Å². The van der Waals surface area contributed by atoms with Gasteiger partial charge < -0.3 is 9.32 Å². The number of rotatable bonds is 5. The highest BCUT2D eigenvalue weighted by Crippen LogP contribution is 2.48. The molecule has 0 bridgehead atoms. The van der Waals surface area contributed by atoms with Crippen molar-refractivity contribution in [2.75, 3.05) is 4.90 Å². The van der Waals surface area contributed by atoms with Crippen LogP contribution < -0.4 is 4.90 Å². The normalized spacial score (nSPS) is 11.8. The Labute approximate surface area is 310 Å². The molecule has 2 nitrogen and oxygen atoms in total. The first kappa shape index (κ1) is 30.0. The summed E-state index contributed by atoms with van der Waals surface area (Å²) in [5.41, 5.74) is 9.96. The van der Waals surface area contributed by atoms with Gasteiger partial charge >= 0.3 is 0 Å². The van der Waals surface area contributed by atoms with Crippen molar-refractivity contribution in [2.45, 2.75) is 0 Å². The molecule has 0 fully saturated rings. The average molecular weight is 694 g/mol. The van der Waals surface area contributed by atoms with Gasteiger partial charge in [0.25, 0.3) is 0 Å². The van der Waals surface area contributed by atoms with Crippen molar-refractivity contribution in [3.63, 3.8) is 0 Å². The summed E-state index contributed by atoms with van der Waals surface area (Å²) in [6.45, 7) is 0. The predicted molar refractivity (Wildman–Crippen MR) is 227 cm³/mol. The van der Waals surface area contributed by atoms with E-state index in [2.05, 4.69) is 193 Å². The third kappa shape index (κ3) is 4.78. The molecule has 3 heteroatoms. The van der Waals surface area contributed by atoms with E-state index in [4.69, 9.17) is 4.42 Å². The highest BCUT2D eigenvalue weighted by atomic mass is 32.1. The first-order valence-electron chi connectivity index (χ1n) is 18.0. The molecule has 0 unspecified atom stereocenters. The van der Waals surface area contributed by atoms with Crippen molar-refractivity contribution >= 4 is 92.1 Å². The fourth-order valence-electron chi connectivity index (χ4n) is 8.18. The summed E-state index contributed by atoms with van der Waals surface area (Å²) in [5, 5.41) is 9.60.